The second-order valence-corrected chi connectivity index (χ2v) is 6.66. The molecule has 0 unspecified atom stereocenters. The van der Waals surface area contributed by atoms with Crippen LogP contribution in [0.2, 0.25) is 0 Å². The van der Waals surface area contributed by atoms with Crippen LogP contribution < -0.4 is 5.32 Å². The first kappa shape index (κ1) is 15.4. The van der Waals surface area contributed by atoms with Gasteiger partial charge in [0.25, 0.3) is 0 Å². The van der Waals surface area contributed by atoms with Gasteiger partial charge in [-0.2, -0.15) is 0 Å². The van der Waals surface area contributed by atoms with Crippen LogP contribution in [-0.4, -0.2) is 35.8 Å². The lowest BCUT2D eigenvalue weighted by Crippen LogP contribution is -2.52. The quantitative estimate of drug-likeness (QED) is 0.841. The van der Waals surface area contributed by atoms with Gasteiger partial charge < -0.3 is 15.2 Å². The molecule has 2 saturated carbocycles. The van der Waals surface area contributed by atoms with Crippen molar-refractivity contribution in [1.82, 2.24) is 10.3 Å². The van der Waals surface area contributed by atoms with Crippen molar-refractivity contribution >= 4 is 5.91 Å². The molecule has 2 fully saturated rings. The molecule has 0 aliphatic heterocycles. The van der Waals surface area contributed by atoms with E-state index in [0.29, 0.717) is 6.61 Å². The zero-order chi connectivity index (χ0) is 15.6. The Morgan fingerprint density at radius 2 is 2.27 bits per heavy atom. The van der Waals surface area contributed by atoms with E-state index < -0.39 is 0 Å². The van der Waals surface area contributed by atoms with Crippen LogP contribution in [0.15, 0.2) is 24.4 Å². The van der Waals surface area contributed by atoms with Gasteiger partial charge in [-0.1, -0.05) is 12.5 Å². The lowest BCUT2D eigenvalue weighted by Gasteiger charge is -2.43. The van der Waals surface area contributed by atoms with Gasteiger partial charge in [0, 0.05) is 13.3 Å². The maximum Gasteiger partial charge on any atom is 0.229 e. The molecule has 22 heavy (non-hydrogen) atoms. The van der Waals surface area contributed by atoms with Crippen LogP contribution in [0, 0.1) is 11.3 Å². The molecule has 0 aromatic carbocycles. The average molecular weight is 304 g/mol. The molecule has 1 heterocycles. The molecule has 1 aromatic rings. The third-order valence-electron chi connectivity index (χ3n) is 5.13. The number of methoxy groups -OCH3 is 1. The second-order valence-electron chi connectivity index (χ2n) is 6.66. The second kappa shape index (κ2) is 6.34. The SMILES string of the molecule is COCC1(C(=O)N[C@H](c2ccccn2)C2CC(O)C2)CCC1. The largest absolute Gasteiger partial charge is 0.393 e. The fraction of sp³-hybridized carbons (Fsp3) is 0.647. The van der Waals surface area contributed by atoms with E-state index in [1.54, 1.807) is 13.3 Å². The summed E-state index contributed by atoms with van der Waals surface area (Å²) in [6.07, 6.45) is 5.79. The monoisotopic (exact) mass is 304 g/mol. The summed E-state index contributed by atoms with van der Waals surface area (Å²) in [5.41, 5.74) is 0.504. The lowest BCUT2D eigenvalue weighted by molar-refractivity contribution is -0.142. The molecule has 5 nitrogen and oxygen atoms in total. The Bertz CT molecular complexity index is 510. The van der Waals surface area contributed by atoms with Gasteiger partial charge in [-0.15, -0.1) is 0 Å². The van der Waals surface area contributed by atoms with Crippen molar-refractivity contribution in [2.45, 2.75) is 44.2 Å². The van der Waals surface area contributed by atoms with Crippen LogP contribution >= 0.6 is 0 Å². The number of carbonyl (C=O) groups is 1. The molecule has 2 N–H and O–H groups in total. The van der Waals surface area contributed by atoms with Gasteiger partial charge in [-0.25, -0.2) is 0 Å². The summed E-state index contributed by atoms with van der Waals surface area (Å²) in [5.74, 6) is 0.325. The highest BCUT2D eigenvalue weighted by Crippen LogP contribution is 2.43. The third kappa shape index (κ3) is 2.88. The lowest BCUT2D eigenvalue weighted by atomic mass is 9.68. The minimum atomic E-state index is -0.371. The minimum Gasteiger partial charge on any atom is -0.393 e. The first-order valence-corrected chi connectivity index (χ1v) is 8.03. The first-order chi connectivity index (χ1) is 10.6. The van der Waals surface area contributed by atoms with Crippen molar-refractivity contribution < 1.29 is 14.6 Å². The smallest absolute Gasteiger partial charge is 0.229 e. The van der Waals surface area contributed by atoms with E-state index in [1.165, 1.54) is 0 Å². The predicted octanol–water partition coefficient (Wildman–Crippen LogP) is 1.83. The average Bonchev–Trinajstić information content (AvgIpc) is 2.46. The van der Waals surface area contributed by atoms with Crippen LogP contribution in [0.25, 0.3) is 0 Å². The Hall–Kier alpha value is -1.46. The topological polar surface area (TPSA) is 71.5 Å². The number of ether oxygens (including phenoxy) is 1. The Labute approximate surface area is 131 Å². The maximum absolute atomic E-state index is 12.8. The summed E-state index contributed by atoms with van der Waals surface area (Å²) >= 11 is 0. The Morgan fingerprint density at radius 3 is 2.77 bits per heavy atom. The molecule has 0 spiro atoms. The van der Waals surface area contributed by atoms with Crippen molar-refractivity contribution in [2.24, 2.45) is 11.3 Å². The first-order valence-electron chi connectivity index (χ1n) is 8.03. The number of pyridine rings is 1. The molecule has 120 valence electrons. The number of carbonyl (C=O) groups excluding carboxylic acids is 1. The fourth-order valence-corrected chi connectivity index (χ4v) is 3.51. The van der Waals surface area contributed by atoms with Crippen LogP contribution in [0.3, 0.4) is 0 Å². The number of aliphatic hydroxyl groups is 1. The van der Waals surface area contributed by atoms with E-state index in [2.05, 4.69) is 10.3 Å². The van der Waals surface area contributed by atoms with E-state index in [-0.39, 0.29) is 29.4 Å². The molecule has 5 heteroatoms. The van der Waals surface area contributed by atoms with E-state index in [0.717, 1.165) is 37.8 Å². The summed E-state index contributed by atoms with van der Waals surface area (Å²) in [4.78, 5) is 17.2. The highest BCUT2D eigenvalue weighted by atomic mass is 16.5. The molecule has 0 bridgehead atoms. The van der Waals surface area contributed by atoms with Crippen LogP contribution in [-0.2, 0) is 9.53 Å². The molecule has 1 aromatic heterocycles. The predicted molar refractivity (Wildman–Crippen MR) is 82.0 cm³/mol. The van der Waals surface area contributed by atoms with Crippen molar-refractivity contribution in [2.75, 3.05) is 13.7 Å². The normalized spacial score (nSPS) is 27.4. The van der Waals surface area contributed by atoms with Crippen molar-refractivity contribution in [3.63, 3.8) is 0 Å². The number of rotatable bonds is 6. The summed E-state index contributed by atoms with van der Waals surface area (Å²) in [6, 6.07) is 5.63. The molecule has 0 radical (unpaired) electrons. The fourth-order valence-electron chi connectivity index (χ4n) is 3.51. The number of aromatic nitrogens is 1. The third-order valence-corrected chi connectivity index (χ3v) is 5.13. The summed E-state index contributed by atoms with van der Waals surface area (Å²) in [5, 5.41) is 12.8. The zero-order valence-electron chi connectivity index (χ0n) is 13.0. The maximum atomic E-state index is 12.8. The van der Waals surface area contributed by atoms with Crippen molar-refractivity contribution in [1.29, 1.82) is 0 Å². The molecule has 1 atom stereocenters. The minimum absolute atomic E-state index is 0.0673. The highest BCUT2D eigenvalue weighted by Gasteiger charge is 2.46. The standard InChI is InChI=1S/C17H24N2O3/c1-22-11-17(6-4-7-17)16(21)19-15(12-9-13(20)10-12)14-5-2-3-8-18-14/h2-3,5,8,12-13,15,20H,4,6-7,9-11H2,1H3,(H,19,21)/t12?,13?,15-/m0/s1. The summed E-state index contributed by atoms with van der Waals surface area (Å²) in [6.45, 7) is 0.473. The van der Waals surface area contributed by atoms with E-state index in [1.807, 2.05) is 18.2 Å². The van der Waals surface area contributed by atoms with Gasteiger partial charge in [0.15, 0.2) is 0 Å². The van der Waals surface area contributed by atoms with Crippen molar-refractivity contribution in [3.8, 4) is 0 Å². The van der Waals surface area contributed by atoms with Gasteiger partial charge in [0.05, 0.1) is 29.9 Å². The van der Waals surface area contributed by atoms with Gasteiger partial charge in [0.1, 0.15) is 0 Å². The van der Waals surface area contributed by atoms with Gasteiger partial charge >= 0.3 is 0 Å². The van der Waals surface area contributed by atoms with Crippen molar-refractivity contribution in [3.05, 3.63) is 30.1 Å². The number of nitrogens with zero attached hydrogens (tertiary/aromatic N) is 1. The Kier molecular flexibility index (Phi) is 4.45. The molecular formula is C17H24N2O3. The molecule has 0 saturated heterocycles. The number of hydrogen-bond donors (Lipinski definition) is 2. The zero-order valence-corrected chi connectivity index (χ0v) is 13.0. The summed E-state index contributed by atoms with van der Waals surface area (Å²) < 4.78 is 5.26. The van der Waals surface area contributed by atoms with Crippen LogP contribution in [0.1, 0.15) is 43.8 Å². The Morgan fingerprint density at radius 1 is 1.50 bits per heavy atom. The molecule has 2 aliphatic carbocycles. The molecule has 2 aliphatic rings. The molecule has 3 rings (SSSR count). The van der Waals surface area contributed by atoms with Gasteiger partial charge in [-0.3, -0.25) is 9.78 Å². The van der Waals surface area contributed by atoms with Crippen LogP contribution in [0.4, 0.5) is 0 Å². The summed E-state index contributed by atoms with van der Waals surface area (Å²) in [7, 11) is 1.64. The van der Waals surface area contributed by atoms with E-state index in [9.17, 15) is 9.90 Å². The van der Waals surface area contributed by atoms with Crippen LogP contribution in [0.5, 0.6) is 0 Å². The number of hydrogen-bond acceptors (Lipinski definition) is 4. The number of amides is 1. The molecule has 1 amide bonds. The molecular weight excluding hydrogens is 280 g/mol. The number of nitrogens with one attached hydrogen (secondary N) is 1. The van der Waals surface area contributed by atoms with E-state index >= 15 is 0 Å². The van der Waals surface area contributed by atoms with Gasteiger partial charge in [-0.05, 0) is 43.7 Å². The van der Waals surface area contributed by atoms with E-state index in [4.69, 9.17) is 4.74 Å². The van der Waals surface area contributed by atoms with Gasteiger partial charge in [0.2, 0.25) is 5.91 Å². The highest BCUT2D eigenvalue weighted by molar-refractivity contribution is 5.84. The number of aliphatic hydroxyl groups excluding tert-OH is 1. The Balaban J connectivity index is 1.74.